The molecule has 7 heteroatoms. The summed E-state index contributed by atoms with van der Waals surface area (Å²) in [7, 11) is -3.21. The summed E-state index contributed by atoms with van der Waals surface area (Å²) in [6.07, 6.45) is 1.73. The normalized spacial score (nSPS) is 26.6. The van der Waals surface area contributed by atoms with Crippen LogP contribution in [0.1, 0.15) is 19.8 Å². The highest BCUT2D eigenvalue weighted by Gasteiger charge is 2.43. The number of piperidine rings is 1. The Morgan fingerprint density at radius 1 is 1.30 bits per heavy atom. The number of hydrogen-bond donors (Lipinski definition) is 0. The molecule has 0 radical (unpaired) electrons. The minimum atomic E-state index is -3.21. The Bertz CT molecular complexity index is 663. The van der Waals surface area contributed by atoms with Gasteiger partial charge in [-0.25, -0.2) is 12.8 Å². The fraction of sp³-hybridized carbons (Fsp3) is 0.625. The summed E-state index contributed by atoms with van der Waals surface area (Å²) in [6.45, 7) is 4.29. The van der Waals surface area contributed by atoms with Gasteiger partial charge in [-0.3, -0.25) is 0 Å². The van der Waals surface area contributed by atoms with E-state index in [1.807, 2.05) is 6.07 Å². The van der Waals surface area contributed by atoms with E-state index in [1.165, 1.54) is 12.1 Å². The highest BCUT2D eigenvalue weighted by Crippen LogP contribution is 2.32. The molecule has 0 aromatic heterocycles. The van der Waals surface area contributed by atoms with E-state index in [2.05, 4.69) is 4.90 Å². The summed E-state index contributed by atoms with van der Waals surface area (Å²) in [6, 6.07) is 6.52. The second-order valence-electron chi connectivity index (χ2n) is 6.27. The molecule has 1 aromatic carbocycles. The summed E-state index contributed by atoms with van der Waals surface area (Å²) >= 11 is 0. The molecule has 23 heavy (non-hydrogen) atoms. The average molecular weight is 342 g/mol. The molecule has 0 amide bonds. The standard InChI is InChI=1S/C16H23FN2O3S/c1-2-23(20,21)19-9-10-22-16(13-19)7-4-8-18(12-16)15-6-3-5-14(17)11-15/h3,5-6,11H,2,4,7-10,12-13H2,1H3/t16-/m0/s1. The van der Waals surface area contributed by atoms with Crippen molar-refractivity contribution < 1.29 is 17.5 Å². The van der Waals surface area contributed by atoms with Gasteiger partial charge < -0.3 is 9.64 Å². The molecular formula is C16H23FN2O3S. The van der Waals surface area contributed by atoms with E-state index in [4.69, 9.17) is 4.74 Å². The van der Waals surface area contributed by atoms with Crippen LogP contribution in [0, 0.1) is 5.82 Å². The molecule has 2 fully saturated rings. The molecule has 2 heterocycles. The Hall–Kier alpha value is -1.18. The summed E-state index contributed by atoms with van der Waals surface area (Å²) in [4.78, 5) is 2.09. The number of ether oxygens (including phenoxy) is 1. The van der Waals surface area contributed by atoms with E-state index in [-0.39, 0.29) is 11.6 Å². The van der Waals surface area contributed by atoms with E-state index in [9.17, 15) is 12.8 Å². The van der Waals surface area contributed by atoms with E-state index in [1.54, 1.807) is 17.3 Å². The second kappa shape index (κ2) is 6.37. The third-order valence-electron chi connectivity index (χ3n) is 4.68. The molecule has 3 rings (SSSR count). The topological polar surface area (TPSA) is 49.9 Å². The van der Waals surface area contributed by atoms with E-state index >= 15 is 0 Å². The van der Waals surface area contributed by atoms with Crippen LogP contribution in [-0.4, -0.2) is 56.9 Å². The summed E-state index contributed by atoms with van der Waals surface area (Å²) in [5.74, 6) is -0.154. The number of sulfonamides is 1. The van der Waals surface area contributed by atoms with Gasteiger partial charge in [0.15, 0.2) is 0 Å². The van der Waals surface area contributed by atoms with Crippen LogP contribution in [-0.2, 0) is 14.8 Å². The Morgan fingerprint density at radius 2 is 2.13 bits per heavy atom. The molecule has 1 aromatic rings. The number of halogens is 1. The molecule has 0 bridgehead atoms. The van der Waals surface area contributed by atoms with Crippen molar-refractivity contribution in [3.05, 3.63) is 30.1 Å². The molecule has 0 unspecified atom stereocenters. The molecule has 128 valence electrons. The van der Waals surface area contributed by atoms with Crippen LogP contribution >= 0.6 is 0 Å². The van der Waals surface area contributed by atoms with Gasteiger partial charge in [0, 0.05) is 31.9 Å². The van der Waals surface area contributed by atoms with Gasteiger partial charge in [-0.05, 0) is 38.0 Å². The molecule has 2 saturated heterocycles. The van der Waals surface area contributed by atoms with Crippen molar-refractivity contribution in [3.8, 4) is 0 Å². The lowest BCUT2D eigenvalue weighted by molar-refractivity contribution is -0.0949. The number of rotatable bonds is 3. The summed E-state index contributed by atoms with van der Waals surface area (Å²) in [5.41, 5.74) is 0.327. The monoisotopic (exact) mass is 342 g/mol. The maximum absolute atomic E-state index is 13.5. The van der Waals surface area contributed by atoms with Gasteiger partial charge in [-0.1, -0.05) is 6.07 Å². The highest BCUT2D eigenvalue weighted by atomic mass is 32.2. The fourth-order valence-corrected chi connectivity index (χ4v) is 4.62. The summed E-state index contributed by atoms with van der Waals surface area (Å²) in [5, 5.41) is 0. The SMILES string of the molecule is CCS(=O)(=O)N1CCO[C@]2(CCCN(c3cccc(F)c3)C2)C1. The Labute approximate surface area is 137 Å². The molecule has 1 spiro atoms. The zero-order valence-corrected chi connectivity index (χ0v) is 14.2. The number of morpholine rings is 1. The largest absolute Gasteiger partial charge is 0.370 e. The maximum Gasteiger partial charge on any atom is 0.214 e. The van der Waals surface area contributed by atoms with Crippen LogP contribution in [0.25, 0.3) is 0 Å². The molecule has 0 aliphatic carbocycles. The van der Waals surface area contributed by atoms with Gasteiger partial charge in [0.25, 0.3) is 0 Å². The minimum absolute atomic E-state index is 0.108. The first-order valence-electron chi connectivity index (χ1n) is 8.06. The zero-order chi connectivity index (χ0) is 16.5. The molecule has 0 N–H and O–H groups in total. The molecule has 1 atom stereocenters. The van der Waals surface area contributed by atoms with Crippen molar-refractivity contribution >= 4 is 15.7 Å². The van der Waals surface area contributed by atoms with Crippen molar-refractivity contribution in [1.82, 2.24) is 4.31 Å². The van der Waals surface area contributed by atoms with Gasteiger partial charge in [-0.2, -0.15) is 4.31 Å². The maximum atomic E-state index is 13.5. The first-order chi connectivity index (χ1) is 10.9. The van der Waals surface area contributed by atoms with Crippen molar-refractivity contribution in [2.24, 2.45) is 0 Å². The van der Waals surface area contributed by atoms with Crippen LogP contribution in [0.15, 0.2) is 24.3 Å². The second-order valence-corrected chi connectivity index (χ2v) is 8.53. The third kappa shape index (κ3) is 3.51. The molecule has 0 saturated carbocycles. The van der Waals surface area contributed by atoms with E-state index < -0.39 is 15.6 Å². The number of anilines is 1. The van der Waals surface area contributed by atoms with Crippen LogP contribution in [0.2, 0.25) is 0 Å². The van der Waals surface area contributed by atoms with Crippen molar-refractivity contribution in [3.63, 3.8) is 0 Å². The zero-order valence-electron chi connectivity index (χ0n) is 13.4. The molecule has 2 aliphatic heterocycles. The first-order valence-corrected chi connectivity index (χ1v) is 9.67. The number of nitrogens with zero attached hydrogens (tertiary/aromatic N) is 2. The predicted octanol–water partition coefficient (Wildman–Crippen LogP) is 1.85. The molecular weight excluding hydrogens is 319 g/mol. The van der Waals surface area contributed by atoms with Crippen molar-refractivity contribution in [1.29, 1.82) is 0 Å². The van der Waals surface area contributed by atoms with E-state index in [0.29, 0.717) is 26.2 Å². The first kappa shape index (κ1) is 16.7. The Balaban J connectivity index is 1.79. The lowest BCUT2D eigenvalue weighted by Crippen LogP contribution is -2.61. The van der Waals surface area contributed by atoms with Crippen LogP contribution in [0.5, 0.6) is 0 Å². The van der Waals surface area contributed by atoms with Crippen LogP contribution in [0.4, 0.5) is 10.1 Å². The number of benzene rings is 1. The fourth-order valence-electron chi connectivity index (χ4n) is 3.47. The predicted molar refractivity (Wildman–Crippen MR) is 87.6 cm³/mol. The number of hydrogen-bond acceptors (Lipinski definition) is 4. The van der Waals surface area contributed by atoms with Crippen molar-refractivity contribution in [2.45, 2.75) is 25.4 Å². The van der Waals surface area contributed by atoms with Crippen LogP contribution < -0.4 is 4.90 Å². The average Bonchev–Trinajstić information content (AvgIpc) is 2.55. The smallest absolute Gasteiger partial charge is 0.214 e. The molecule has 5 nitrogen and oxygen atoms in total. The third-order valence-corrected chi connectivity index (χ3v) is 6.51. The van der Waals surface area contributed by atoms with E-state index in [0.717, 1.165) is 25.1 Å². The lowest BCUT2D eigenvalue weighted by atomic mass is 9.91. The summed E-state index contributed by atoms with van der Waals surface area (Å²) < 4.78 is 45.4. The van der Waals surface area contributed by atoms with Crippen molar-refractivity contribution in [2.75, 3.05) is 43.4 Å². The Kier molecular flexibility index (Phi) is 4.62. The quantitative estimate of drug-likeness (QED) is 0.841. The van der Waals surface area contributed by atoms with Gasteiger partial charge >= 0.3 is 0 Å². The lowest BCUT2D eigenvalue weighted by Gasteiger charge is -2.48. The highest BCUT2D eigenvalue weighted by molar-refractivity contribution is 7.89. The van der Waals surface area contributed by atoms with Gasteiger partial charge in [0.05, 0.1) is 18.0 Å². The van der Waals surface area contributed by atoms with Crippen LogP contribution in [0.3, 0.4) is 0 Å². The Morgan fingerprint density at radius 3 is 2.87 bits per heavy atom. The minimum Gasteiger partial charge on any atom is -0.370 e. The van der Waals surface area contributed by atoms with Gasteiger partial charge in [0.2, 0.25) is 10.0 Å². The van der Waals surface area contributed by atoms with Gasteiger partial charge in [-0.15, -0.1) is 0 Å². The van der Waals surface area contributed by atoms with Gasteiger partial charge in [0.1, 0.15) is 5.82 Å². The molecule has 2 aliphatic rings.